The number of aryl methyl sites for hydroxylation is 2. The second kappa shape index (κ2) is 9.93. The van der Waals surface area contributed by atoms with Gasteiger partial charge in [0.2, 0.25) is 0 Å². The Morgan fingerprint density at radius 1 is 0.468 bits per heavy atom. The summed E-state index contributed by atoms with van der Waals surface area (Å²) in [7, 11) is 0. The van der Waals surface area contributed by atoms with Crippen LogP contribution >= 0.6 is 11.3 Å². The number of para-hydroxylation sites is 1. The Bertz CT molecular complexity index is 2810. The van der Waals surface area contributed by atoms with Crippen LogP contribution in [-0.4, -0.2) is 4.57 Å². The van der Waals surface area contributed by atoms with E-state index < -0.39 is 0 Å². The fourth-order valence-corrected chi connectivity index (χ4v) is 8.70. The molecule has 0 saturated heterocycles. The van der Waals surface area contributed by atoms with Gasteiger partial charge in [-0.2, -0.15) is 0 Å². The third kappa shape index (κ3) is 3.90. The van der Waals surface area contributed by atoms with Crippen molar-refractivity contribution in [2.24, 2.45) is 0 Å². The fourth-order valence-electron chi connectivity index (χ4n) is 7.55. The monoisotopic (exact) mass is 619 g/mol. The Hall–Kier alpha value is -5.64. The second-order valence-electron chi connectivity index (χ2n) is 12.7. The van der Waals surface area contributed by atoms with Gasteiger partial charge < -0.3 is 8.98 Å². The van der Waals surface area contributed by atoms with Gasteiger partial charge in [0.15, 0.2) is 5.58 Å². The van der Waals surface area contributed by atoms with Crippen LogP contribution in [0.15, 0.2) is 144 Å². The number of fused-ring (bicyclic) bond motifs is 9. The molecule has 0 amide bonds. The van der Waals surface area contributed by atoms with Crippen LogP contribution in [0.4, 0.5) is 0 Å². The third-order valence-corrected chi connectivity index (χ3v) is 10.9. The van der Waals surface area contributed by atoms with Gasteiger partial charge in [-0.1, -0.05) is 102 Å². The normalized spacial score (nSPS) is 12.0. The molecule has 0 aliphatic heterocycles. The van der Waals surface area contributed by atoms with Gasteiger partial charge in [0.1, 0.15) is 5.58 Å². The standard InChI is InChI=1S/C44H29NOS/c1-26-15-21-37-35(23-26)36-24-27(2)16-22-38(36)45(37)39-13-8-12-34-42-30(19-20-31(44(42)46-43(34)39)28-9-4-3-5-10-28)29-17-18-33-32-11-6-7-14-40(32)47-41(33)25-29/h3-25H,1-2H3. The number of aromatic nitrogens is 1. The zero-order valence-electron chi connectivity index (χ0n) is 26.0. The molecule has 0 radical (unpaired) electrons. The lowest BCUT2D eigenvalue weighted by Gasteiger charge is -2.09. The summed E-state index contributed by atoms with van der Waals surface area (Å²) in [6.45, 7) is 4.34. The topological polar surface area (TPSA) is 18.1 Å². The highest BCUT2D eigenvalue weighted by Gasteiger charge is 2.22. The Labute approximate surface area is 275 Å². The summed E-state index contributed by atoms with van der Waals surface area (Å²) in [5, 5.41) is 7.42. The van der Waals surface area contributed by atoms with E-state index >= 15 is 0 Å². The summed E-state index contributed by atoms with van der Waals surface area (Å²) >= 11 is 1.86. The number of hydrogen-bond donors (Lipinski definition) is 0. The molecule has 222 valence electrons. The first-order valence-corrected chi connectivity index (χ1v) is 16.9. The van der Waals surface area contributed by atoms with Crippen molar-refractivity contribution in [3.8, 4) is 27.9 Å². The summed E-state index contributed by atoms with van der Waals surface area (Å²) in [5.74, 6) is 0. The summed E-state index contributed by atoms with van der Waals surface area (Å²) < 4.78 is 12.1. The van der Waals surface area contributed by atoms with Gasteiger partial charge in [-0.05, 0) is 79.1 Å². The molecule has 0 bridgehead atoms. The molecule has 0 atom stereocenters. The molecule has 0 unspecified atom stereocenters. The van der Waals surface area contributed by atoms with E-state index in [1.807, 2.05) is 11.3 Å². The number of thiophene rings is 1. The average molecular weight is 620 g/mol. The molecule has 0 N–H and O–H groups in total. The van der Waals surface area contributed by atoms with Gasteiger partial charge in [0, 0.05) is 47.3 Å². The highest BCUT2D eigenvalue weighted by Crippen LogP contribution is 2.46. The molecule has 0 spiro atoms. The minimum atomic E-state index is 0.898. The third-order valence-electron chi connectivity index (χ3n) is 9.72. The summed E-state index contributed by atoms with van der Waals surface area (Å²) in [6, 6.07) is 50.9. The van der Waals surface area contributed by atoms with Crippen molar-refractivity contribution in [1.82, 2.24) is 4.57 Å². The van der Waals surface area contributed by atoms with Crippen LogP contribution in [0.25, 0.3) is 91.9 Å². The summed E-state index contributed by atoms with van der Waals surface area (Å²) in [6.07, 6.45) is 0. The van der Waals surface area contributed by atoms with Crippen molar-refractivity contribution in [1.29, 1.82) is 0 Å². The molecule has 47 heavy (non-hydrogen) atoms. The minimum absolute atomic E-state index is 0.898. The Morgan fingerprint density at radius 3 is 1.94 bits per heavy atom. The molecule has 0 aliphatic carbocycles. The first kappa shape index (κ1) is 26.6. The molecule has 0 saturated carbocycles. The first-order valence-electron chi connectivity index (χ1n) is 16.1. The van der Waals surface area contributed by atoms with E-state index in [9.17, 15) is 0 Å². The molecule has 3 aromatic heterocycles. The number of furan rings is 1. The summed E-state index contributed by atoms with van der Waals surface area (Å²) in [5.41, 5.74) is 12.4. The van der Waals surface area contributed by atoms with E-state index in [4.69, 9.17) is 4.42 Å². The highest BCUT2D eigenvalue weighted by atomic mass is 32.1. The largest absolute Gasteiger partial charge is 0.453 e. The molecule has 7 aromatic carbocycles. The minimum Gasteiger partial charge on any atom is -0.453 e. The van der Waals surface area contributed by atoms with Crippen LogP contribution in [0.1, 0.15) is 11.1 Å². The van der Waals surface area contributed by atoms with E-state index in [0.717, 1.165) is 38.8 Å². The van der Waals surface area contributed by atoms with E-state index in [1.54, 1.807) is 0 Å². The maximum absolute atomic E-state index is 7.12. The lowest BCUT2D eigenvalue weighted by Crippen LogP contribution is -1.94. The van der Waals surface area contributed by atoms with Crippen molar-refractivity contribution in [2.75, 3.05) is 0 Å². The molecule has 3 heteroatoms. The molecule has 0 aliphatic rings. The van der Waals surface area contributed by atoms with Crippen molar-refractivity contribution >= 4 is 75.3 Å². The van der Waals surface area contributed by atoms with Crippen molar-refractivity contribution in [3.63, 3.8) is 0 Å². The van der Waals surface area contributed by atoms with E-state index in [1.165, 1.54) is 64.2 Å². The molecule has 2 nitrogen and oxygen atoms in total. The lowest BCUT2D eigenvalue weighted by molar-refractivity contribution is 0.667. The number of hydrogen-bond acceptors (Lipinski definition) is 2. The Balaban J connectivity index is 1.31. The zero-order chi connectivity index (χ0) is 31.2. The smallest absolute Gasteiger partial charge is 0.159 e. The maximum atomic E-state index is 7.12. The van der Waals surface area contributed by atoms with Gasteiger partial charge >= 0.3 is 0 Å². The SMILES string of the molecule is Cc1ccc2c(c1)c1cc(C)ccc1n2-c1cccc2c1oc1c(-c3ccccc3)ccc(-c3ccc4c(c3)sc3ccccc34)c12. The quantitative estimate of drug-likeness (QED) is 0.192. The average Bonchev–Trinajstić information content (AvgIpc) is 3.77. The molecular weight excluding hydrogens is 591 g/mol. The van der Waals surface area contributed by atoms with Gasteiger partial charge in [0.25, 0.3) is 0 Å². The van der Waals surface area contributed by atoms with Crippen LogP contribution in [-0.2, 0) is 0 Å². The van der Waals surface area contributed by atoms with E-state index in [-0.39, 0.29) is 0 Å². The molecular formula is C44H29NOS. The Kier molecular flexibility index (Phi) is 5.61. The van der Waals surface area contributed by atoms with Crippen LogP contribution in [0.2, 0.25) is 0 Å². The van der Waals surface area contributed by atoms with Crippen molar-refractivity contribution in [2.45, 2.75) is 13.8 Å². The predicted octanol–water partition coefficient (Wildman–Crippen LogP) is 13.0. The fraction of sp³-hybridized carbons (Fsp3) is 0.0455. The van der Waals surface area contributed by atoms with Crippen LogP contribution < -0.4 is 0 Å². The number of nitrogens with zero attached hydrogens (tertiary/aromatic N) is 1. The van der Waals surface area contributed by atoms with Crippen LogP contribution in [0, 0.1) is 13.8 Å². The van der Waals surface area contributed by atoms with Crippen LogP contribution in [0.3, 0.4) is 0 Å². The van der Waals surface area contributed by atoms with Gasteiger partial charge in [-0.3, -0.25) is 0 Å². The summed E-state index contributed by atoms with van der Waals surface area (Å²) in [4.78, 5) is 0. The van der Waals surface area contributed by atoms with Crippen molar-refractivity contribution < 1.29 is 4.42 Å². The predicted molar refractivity (Wildman–Crippen MR) is 201 cm³/mol. The second-order valence-corrected chi connectivity index (χ2v) is 13.8. The van der Waals surface area contributed by atoms with Crippen LogP contribution in [0.5, 0.6) is 0 Å². The highest BCUT2D eigenvalue weighted by molar-refractivity contribution is 7.25. The number of rotatable bonds is 3. The van der Waals surface area contributed by atoms with Gasteiger partial charge in [-0.15, -0.1) is 11.3 Å². The zero-order valence-corrected chi connectivity index (χ0v) is 26.9. The van der Waals surface area contributed by atoms with E-state index in [0.29, 0.717) is 0 Å². The molecule has 10 rings (SSSR count). The Morgan fingerprint density at radius 2 is 1.15 bits per heavy atom. The van der Waals surface area contributed by atoms with E-state index in [2.05, 4.69) is 158 Å². The first-order chi connectivity index (χ1) is 23.1. The van der Waals surface area contributed by atoms with Gasteiger partial charge in [-0.25, -0.2) is 0 Å². The molecule has 10 aromatic rings. The maximum Gasteiger partial charge on any atom is 0.159 e. The lowest BCUT2D eigenvalue weighted by atomic mass is 9.94. The van der Waals surface area contributed by atoms with Crippen molar-refractivity contribution in [3.05, 3.63) is 151 Å². The van der Waals surface area contributed by atoms with Gasteiger partial charge in [0.05, 0.1) is 16.7 Å². The molecule has 3 heterocycles. The number of benzene rings is 7. The molecule has 0 fully saturated rings.